The van der Waals surface area contributed by atoms with E-state index in [-0.39, 0.29) is 0 Å². The molecular weight excluding hydrogens is 284 g/mol. The van der Waals surface area contributed by atoms with Crippen molar-refractivity contribution in [3.8, 4) is 6.07 Å². The molecule has 0 amide bonds. The van der Waals surface area contributed by atoms with Crippen LogP contribution < -0.4 is 5.32 Å². The van der Waals surface area contributed by atoms with Gasteiger partial charge in [-0.15, -0.1) is 23.1 Å². The van der Waals surface area contributed by atoms with Gasteiger partial charge in [-0.1, -0.05) is 6.07 Å². The minimum absolute atomic E-state index is 0.342. The molecule has 2 nitrogen and oxygen atoms in total. The van der Waals surface area contributed by atoms with E-state index in [4.69, 9.17) is 0 Å². The van der Waals surface area contributed by atoms with Crippen molar-refractivity contribution in [3.05, 3.63) is 45.6 Å². The smallest absolute Gasteiger partial charge is 0.102 e. The minimum Gasteiger partial charge on any atom is -0.377 e. The lowest BCUT2D eigenvalue weighted by Gasteiger charge is -2.25. The summed E-state index contributed by atoms with van der Waals surface area (Å²) in [7, 11) is 0. The summed E-state index contributed by atoms with van der Waals surface area (Å²) >= 11 is 3.47. The summed E-state index contributed by atoms with van der Waals surface area (Å²) in [6.07, 6.45) is 5.56. The Balaban J connectivity index is 1.92. The first kappa shape index (κ1) is 13.5. The number of nitriles is 1. The van der Waals surface area contributed by atoms with Crippen LogP contribution in [0.2, 0.25) is 0 Å². The number of rotatable bonds is 3. The van der Waals surface area contributed by atoms with Gasteiger partial charge < -0.3 is 5.32 Å². The van der Waals surface area contributed by atoms with Crippen molar-refractivity contribution in [2.45, 2.75) is 30.2 Å². The number of nitrogens with zero attached hydrogens (tertiary/aromatic N) is 1. The van der Waals surface area contributed by atoms with E-state index in [1.54, 1.807) is 11.8 Å². The number of aryl methyl sites for hydroxylation is 1. The molecule has 1 atom stereocenters. The summed E-state index contributed by atoms with van der Waals surface area (Å²) in [5.74, 6) is 0. The fourth-order valence-electron chi connectivity index (χ4n) is 2.76. The Morgan fingerprint density at radius 2 is 2.30 bits per heavy atom. The van der Waals surface area contributed by atoms with Crippen LogP contribution in [-0.4, -0.2) is 6.26 Å². The molecule has 0 radical (unpaired) electrons. The van der Waals surface area contributed by atoms with Crippen molar-refractivity contribution in [2.24, 2.45) is 0 Å². The number of thiophene rings is 1. The van der Waals surface area contributed by atoms with E-state index in [1.807, 2.05) is 35.8 Å². The Bertz CT molecular complexity index is 655. The molecule has 0 spiro atoms. The van der Waals surface area contributed by atoms with Crippen LogP contribution in [0.1, 0.15) is 34.9 Å². The molecule has 102 valence electrons. The minimum atomic E-state index is 0.342. The molecule has 4 heteroatoms. The van der Waals surface area contributed by atoms with E-state index in [0.29, 0.717) is 6.04 Å². The second kappa shape index (κ2) is 5.90. The fraction of sp³-hybridized carbons (Fsp3) is 0.312. The Kier molecular flexibility index (Phi) is 4.00. The third-order valence-electron chi connectivity index (χ3n) is 3.74. The summed E-state index contributed by atoms with van der Waals surface area (Å²) in [4.78, 5) is 2.53. The van der Waals surface area contributed by atoms with Gasteiger partial charge >= 0.3 is 0 Å². The second-order valence-electron chi connectivity index (χ2n) is 4.88. The van der Waals surface area contributed by atoms with E-state index in [2.05, 4.69) is 22.8 Å². The molecule has 1 aromatic carbocycles. The maximum Gasteiger partial charge on any atom is 0.102 e. The molecule has 1 N–H and O–H groups in total. The van der Waals surface area contributed by atoms with Gasteiger partial charge in [-0.05, 0) is 54.7 Å². The molecule has 0 aliphatic heterocycles. The Morgan fingerprint density at radius 3 is 3.10 bits per heavy atom. The van der Waals surface area contributed by atoms with Crippen LogP contribution in [0.3, 0.4) is 0 Å². The summed E-state index contributed by atoms with van der Waals surface area (Å²) in [5.41, 5.74) is 3.14. The highest BCUT2D eigenvalue weighted by Gasteiger charge is 2.22. The molecule has 1 heterocycles. The number of hydrogen-bond acceptors (Lipinski definition) is 4. The average Bonchev–Trinajstić information content (AvgIpc) is 2.96. The normalized spacial score (nSPS) is 17.3. The predicted octanol–water partition coefficient (Wildman–Crippen LogP) is 4.83. The number of fused-ring (bicyclic) bond motifs is 1. The molecule has 0 saturated heterocycles. The van der Waals surface area contributed by atoms with Crippen molar-refractivity contribution >= 4 is 28.8 Å². The summed E-state index contributed by atoms with van der Waals surface area (Å²) in [5, 5.41) is 15.2. The lowest BCUT2D eigenvalue weighted by atomic mass is 9.93. The quantitative estimate of drug-likeness (QED) is 0.825. The van der Waals surface area contributed by atoms with Gasteiger partial charge in [0.1, 0.15) is 6.07 Å². The Hall–Kier alpha value is -1.44. The third-order valence-corrected chi connectivity index (χ3v) is 5.52. The van der Waals surface area contributed by atoms with Gasteiger partial charge in [0.25, 0.3) is 0 Å². The molecule has 1 aliphatic carbocycles. The van der Waals surface area contributed by atoms with Crippen molar-refractivity contribution in [1.82, 2.24) is 0 Å². The van der Waals surface area contributed by atoms with Crippen LogP contribution in [-0.2, 0) is 6.42 Å². The summed E-state index contributed by atoms with van der Waals surface area (Å²) in [6, 6.07) is 10.9. The Morgan fingerprint density at radius 1 is 1.40 bits per heavy atom. The van der Waals surface area contributed by atoms with Crippen LogP contribution in [0, 0.1) is 11.3 Å². The maximum atomic E-state index is 9.41. The van der Waals surface area contributed by atoms with Crippen molar-refractivity contribution < 1.29 is 0 Å². The first-order valence-electron chi connectivity index (χ1n) is 6.73. The van der Waals surface area contributed by atoms with E-state index < -0.39 is 0 Å². The number of nitrogens with one attached hydrogen (secondary N) is 1. The highest BCUT2D eigenvalue weighted by atomic mass is 32.2. The van der Waals surface area contributed by atoms with E-state index in [1.165, 1.54) is 23.3 Å². The van der Waals surface area contributed by atoms with Crippen molar-refractivity contribution in [1.29, 1.82) is 5.26 Å². The summed E-state index contributed by atoms with van der Waals surface area (Å²) < 4.78 is 0. The van der Waals surface area contributed by atoms with Crippen LogP contribution in [0.15, 0.2) is 34.5 Å². The summed E-state index contributed by atoms with van der Waals surface area (Å²) in [6.45, 7) is 0. The fourth-order valence-corrected chi connectivity index (χ4v) is 4.32. The van der Waals surface area contributed by atoms with Crippen LogP contribution in [0.4, 0.5) is 5.69 Å². The monoisotopic (exact) mass is 300 g/mol. The highest BCUT2D eigenvalue weighted by Crippen LogP contribution is 2.37. The highest BCUT2D eigenvalue weighted by molar-refractivity contribution is 7.98. The van der Waals surface area contributed by atoms with Gasteiger partial charge in [0.15, 0.2) is 0 Å². The Labute approximate surface area is 127 Å². The molecule has 20 heavy (non-hydrogen) atoms. The average molecular weight is 300 g/mol. The van der Waals surface area contributed by atoms with Crippen molar-refractivity contribution in [2.75, 3.05) is 11.6 Å². The van der Waals surface area contributed by atoms with Crippen LogP contribution >= 0.6 is 23.1 Å². The van der Waals surface area contributed by atoms with Gasteiger partial charge in [-0.2, -0.15) is 5.26 Å². The molecule has 1 unspecified atom stereocenters. The molecule has 2 aromatic rings. The van der Waals surface area contributed by atoms with Gasteiger partial charge in [0.05, 0.1) is 17.3 Å². The molecular formula is C16H16N2S2. The van der Waals surface area contributed by atoms with Crippen LogP contribution in [0.25, 0.3) is 0 Å². The standard InChI is InChI=1S/C16H16N2S2/c1-19-15-6-2-5-14(12(15)10-17)18-13-4-3-7-16-11(13)8-9-20-16/h2,5-6,8-9,13,18H,3-4,7H2,1H3. The van der Waals surface area contributed by atoms with E-state index >= 15 is 0 Å². The topological polar surface area (TPSA) is 35.8 Å². The number of benzene rings is 1. The molecule has 0 saturated carbocycles. The van der Waals surface area contributed by atoms with Crippen LogP contribution in [0.5, 0.6) is 0 Å². The lowest BCUT2D eigenvalue weighted by molar-refractivity contribution is 0.608. The van der Waals surface area contributed by atoms with Gasteiger partial charge in [-0.3, -0.25) is 0 Å². The largest absolute Gasteiger partial charge is 0.377 e. The van der Waals surface area contributed by atoms with E-state index in [9.17, 15) is 5.26 Å². The van der Waals surface area contributed by atoms with E-state index in [0.717, 1.165) is 22.6 Å². The zero-order valence-corrected chi connectivity index (χ0v) is 13.0. The van der Waals surface area contributed by atoms with Gasteiger partial charge in [0, 0.05) is 9.77 Å². The third kappa shape index (κ3) is 2.44. The number of hydrogen-bond donors (Lipinski definition) is 1. The SMILES string of the molecule is CSc1cccc(NC2CCCc3sccc32)c1C#N. The zero-order chi connectivity index (χ0) is 13.9. The maximum absolute atomic E-state index is 9.41. The second-order valence-corrected chi connectivity index (χ2v) is 6.73. The van der Waals surface area contributed by atoms with Crippen molar-refractivity contribution in [3.63, 3.8) is 0 Å². The lowest BCUT2D eigenvalue weighted by Crippen LogP contribution is -2.16. The molecule has 0 fully saturated rings. The van der Waals surface area contributed by atoms with Gasteiger partial charge in [-0.25, -0.2) is 0 Å². The zero-order valence-electron chi connectivity index (χ0n) is 11.3. The molecule has 1 aliphatic rings. The molecule has 3 rings (SSSR count). The van der Waals surface area contributed by atoms with Gasteiger partial charge in [0.2, 0.25) is 0 Å². The molecule has 0 bridgehead atoms. The number of anilines is 1. The predicted molar refractivity (Wildman–Crippen MR) is 86.6 cm³/mol. The molecule has 1 aromatic heterocycles. The number of thioether (sulfide) groups is 1. The first-order valence-corrected chi connectivity index (χ1v) is 8.84. The first-order chi connectivity index (χ1) is 9.83.